The number of carbonyl (C=O) groups excluding carboxylic acids is 2. The van der Waals surface area contributed by atoms with Crippen molar-refractivity contribution in [2.24, 2.45) is 0 Å². The van der Waals surface area contributed by atoms with Gasteiger partial charge in [0.1, 0.15) is 0 Å². The maximum Gasteiger partial charge on any atom is 0.257 e. The van der Waals surface area contributed by atoms with E-state index in [1.165, 1.54) is 7.11 Å². The van der Waals surface area contributed by atoms with Gasteiger partial charge in [-0.2, -0.15) is 0 Å². The number of hydrogen-bond acceptors (Lipinski definition) is 5. The minimum absolute atomic E-state index is 0.0186. The van der Waals surface area contributed by atoms with Crippen molar-refractivity contribution in [1.82, 2.24) is 16.0 Å². The molecule has 0 saturated heterocycles. The standard InChI is InChI=1S/C16H25N3O4/c1-4-18-16(21)11-23-13-6-5-12(9-14(13)22-3)10-19-15(20)7-8-17-2/h5-6,9,17H,4,7-8,10-11H2,1-3H3,(H,18,21)(H,19,20). The normalized spacial score (nSPS) is 10.0. The van der Waals surface area contributed by atoms with Crippen LogP contribution in [0.4, 0.5) is 0 Å². The summed E-state index contributed by atoms with van der Waals surface area (Å²) in [6.07, 6.45) is 0.432. The van der Waals surface area contributed by atoms with Gasteiger partial charge in [0.05, 0.1) is 7.11 Å². The number of rotatable bonds is 10. The van der Waals surface area contributed by atoms with Crippen LogP contribution in [-0.4, -0.2) is 45.7 Å². The van der Waals surface area contributed by atoms with Crippen molar-refractivity contribution in [3.8, 4) is 11.5 Å². The predicted molar refractivity (Wildman–Crippen MR) is 87.6 cm³/mol. The Morgan fingerprint density at radius 2 is 1.91 bits per heavy atom. The zero-order valence-corrected chi connectivity index (χ0v) is 13.9. The Kier molecular flexibility index (Phi) is 8.52. The van der Waals surface area contributed by atoms with Crippen molar-refractivity contribution in [1.29, 1.82) is 0 Å². The van der Waals surface area contributed by atoms with Crippen molar-refractivity contribution in [2.75, 3.05) is 33.9 Å². The molecule has 0 aliphatic heterocycles. The average Bonchev–Trinajstić information content (AvgIpc) is 2.56. The fourth-order valence-electron chi connectivity index (χ4n) is 1.86. The van der Waals surface area contributed by atoms with Crippen LogP contribution >= 0.6 is 0 Å². The van der Waals surface area contributed by atoms with E-state index in [1.807, 2.05) is 13.0 Å². The van der Waals surface area contributed by atoms with Gasteiger partial charge < -0.3 is 25.4 Å². The zero-order valence-electron chi connectivity index (χ0n) is 13.9. The second kappa shape index (κ2) is 10.4. The Morgan fingerprint density at radius 1 is 1.13 bits per heavy atom. The summed E-state index contributed by atoms with van der Waals surface area (Å²) in [6.45, 7) is 3.39. The van der Waals surface area contributed by atoms with E-state index in [2.05, 4.69) is 16.0 Å². The maximum atomic E-state index is 11.6. The molecule has 0 radical (unpaired) electrons. The van der Waals surface area contributed by atoms with Gasteiger partial charge in [0.15, 0.2) is 18.1 Å². The van der Waals surface area contributed by atoms with Crippen molar-refractivity contribution in [3.63, 3.8) is 0 Å². The smallest absolute Gasteiger partial charge is 0.257 e. The van der Waals surface area contributed by atoms with Gasteiger partial charge in [0.2, 0.25) is 5.91 Å². The molecule has 1 aromatic rings. The Morgan fingerprint density at radius 3 is 2.57 bits per heavy atom. The molecular formula is C16H25N3O4. The van der Waals surface area contributed by atoms with E-state index >= 15 is 0 Å². The van der Waals surface area contributed by atoms with Gasteiger partial charge in [0, 0.05) is 26.1 Å². The molecule has 0 saturated carbocycles. The highest BCUT2D eigenvalue weighted by atomic mass is 16.5. The molecule has 0 fully saturated rings. The van der Waals surface area contributed by atoms with Gasteiger partial charge in [-0.15, -0.1) is 0 Å². The lowest BCUT2D eigenvalue weighted by atomic mass is 10.2. The van der Waals surface area contributed by atoms with E-state index < -0.39 is 0 Å². The Bertz CT molecular complexity index is 520. The van der Waals surface area contributed by atoms with E-state index in [1.54, 1.807) is 19.2 Å². The zero-order chi connectivity index (χ0) is 17.1. The summed E-state index contributed by atoms with van der Waals surface area (Å²) in [5.74, 6) is 0.811. The molecule has 0 heterocycles. The number of amides is 2. The number of hydrogen-bond donors (Lipinski definition) is 3. The molecule has 23 heavy (non-hydrogen) atoms. The summed E-state index contributed by atoms with van der Waals surface area (Å²) in [4.78, 5) is 23.0. The SMILES string of the molecule is CCNC(=O)COc1ccc(CNC(=O)CCNC)cc1OC. The van der Waals surface area contributed by atoms with Crippen molar-refractivity contribution in [3.05, 3.63) is 23.8 Å². The topological polar surface area (TPSA) is 88.7 Å². The molecule has 0 aliphatic carbocycles. The Labute approximate surface area is 136 Å². The molecule has 0 aromatic heterocycles. The third kappa shape index (κ3) is 7.01. The van der Waals surface area contributed by atoms with Crippen molar-refractivity contribution in [2.45, 2.75) is 19.9 Å². The summed E-state index contributed by atoms with van der Waals surface area (Å²) in [5.41, 5.74) is 0.894. The number of likely N-dealkylation sites (N-methyl/N-ethyl adjacent to an activating group) is 1. The van der Waals surface area contributed by atoms with Crippen LogP contribution in [0.1, 0.15) is 18.9 Å². The largest absolute Gasteiger partial charge is 0.493 e. The number of carbonyl (C=O) groups is 2. The van der Waals surface area contributed by atoms with E-state index in [9.17, 15) is 9.59 Å². The van der Waals surface area contributed by atoms with Gasteiger partial charge in [-0.3, -0.25) is 9.59 Å². The van der Waals surface area contributed by atoms with Crippen LogP contribution in [-0.2, 0) is 16.1 Å². The maximum absolute atomic E-state index is 11.6. The van der Waals surface area contributed by atoms with E-state index in [4.69, 9.17) is 9.47 Å². The fourth-order valence-corrected chi connectivity index (χ4v) is 1.86. The molecule has 7 nitrogen and oxygen atoms in total. The van der Waals surface area contributed by atoms with Crippen LogP contribution < -0.4 is 25.4 Å². The van der Waals surface area contributed by atoms with Crippen LogP contribution in [0.5, 0.6) is 11.5 Å². The van der Waals surface area contributed by atoms with Crippen LogP contribution in [0.2, 0.25) is 0 Å². The van der Waals surface area contributed by atoms with Crippen LogP contribution in [0.15, 0.2) is 18.2 Å². The molecule has 3 N–H and O–H groups in total. The molecule has 2 amide bonds. The van der Waals surface area contributed by atoms with E-state index in [0.717, 1.165) is 5.56 Å². The first kappa shape index (κ1) is 18.8. The summed E-state index contributed by atoms with van der Waals surface area (Å²) in [7, 11) is 3.33. The first-order valence-corrected chi connectivity index (χ1v) is 7.58. The van der Waals surface area contributed by atoms with Gasteiger partial charge >= 0.3 is 0 Å². The molecule has 128 valence electrons. The van der Waals surface area contributed by atoms with Gasteiger partial charge in [-0.1, -0.05) is 6.07 Å². The molecule has 0 spiro atoms. The minimum atomic E-state index is -0.185. The Balaban J connectivity index is 2.58. The number of ether oxygens (including phenoxy) is 2. The third-order valence-corrected chi connectivity index (χ3v) is 3.05. The lowest BCUT2D eigenvalue weighted by Gasteiger charge is -2.12. The summed E-state index contributed by atoms with van der Waals surface area (Å²) < 4.78 is 10.7. The molecule has 1 aromatic carbocycles. The first-order chi connectivity index (χ1) is 11.1. The highest BCUT2D eigenvalue weighted by Crippen LogP contribution is 2.28. The summed E-state index contributed by atoms with van der Waals surface area (Å²) in [6, 6.07) is 5.34. The third-order valence-electron chi connectivity index (χ3n) is 3.05. The van der Waals surface area contributed by atoms with Gasteiger partial charge in [-0.05, 0) is 31.7 Å². The first-order valence-electron chi connectivity index (χ1n) is 7.58. The highest BCUT2D eigenvalue weighted by Gasteiger charge is 2.09. The molecule has 7 heteroatoms. The molecule has 0 unspecified atom stereocenters. The molecule has 0 aliphatic rings. The number of methoxy groups -OCH3 is 1. The minimum Gasteiger partial charge on any atom is -0.493 e. The van der Waals surface area contributed by atoms with Crippen LogP contribution in [0.3, 0.4) is 0 Å². The Hall–Kier alpha value is -2.28. The van der Waals surface area contributed by atoms with E-state index in [-0.39, 0.29) is 18.4 Å². The summed E-state index contributed by atoms with van der Waals surface area (Å²) in [5, 5.41) is 8.41. The number of benzene rings is 1. The second-order valence-electron chi connectivity index (χ2n) is 4.86. The fraction of sp³-hybridized carbons (Fsp3) is 0.500. The second-order valence-corrected chi connectivity index (χ2v) is 4.86. The molecular weight excluding hydrogens is 298 g/mol. The quantitative estimate of drug-likeness (QED) is 0.581. The highest BCUT2D eigenvalue weighted by molar-refractivity contribution is 5.77. The molecule has 0 atom stereocenters. The number of nitrogens with one attached hydrogen (secondary N) is 3. The van der Waals surface area contributed by atoms with Crippen molar-refractivity contribution >= 4 is 11.8 Å². The lowest BCUT2D eigenvalue weighted by Crippen LogP contribution is -2.28. The summed E-state index contributed by atoms with van der Waals surface area (Å²) >= 11 is 0. The van der Waals surface area contributed by atoms with E-state index in [0.29, 0.717) is 37.6 Å². The average molecular weight is 323 g/mol. The predicted octanol–water partition coefficient (Wildman–Crippen LogP) is 0.436. The van der Waals surface area contributed by atoms with Crippen molar-refractivity contribution < 1.29 is 19.1 Å². The van der Waals surface area contributed by atoms with Crippen LogP contribution in [0.25, 0.3) is 0 Å². The van der Waals surface area contributed by atoms with Gasteiger partial charge in [-0.25, -0.2) is 0 Å². The van der Waals surface area contributed by atoms with Crippen LogP contribution in [0, 0.1) is 0 Å². The lowest BCUT2D eigenvalue weighted by molar-refractivity contribution is -0.123. The molecule has 0 bridgehead atoms. The monoisotopic (exact) mass is 323 g/mol. The molecule has 1 rings (SSSR count). The van der Waals surface area contributed by atoms with Gasteiger partial charge in [0.25, 0.3) is 5.91 Å².